The number of rotatable bonds is 4. The molecular formula is C13H18BrNO3S. The van der Waals surface area contributed by atoms with Crippen molar-refractivity contribution in [3.05, 3.63) is 15.4 Å². The minimum absolute atomic E-state index is 0.0816. The van der Waals surface area contributed by atoms with Gasteiger partial charge >= 0.3 is 5.97 Å². The van der Waals surface area contributed by atoms with Crippen molar-refractivity contribution in [3.8, 4) is 5.06 Å². The number of carboxylic acids is 1. The second kappa shape index (κ2) is 6.24. The zero-order valence-electron chi connectivity index (χ0n) is 11.1. The fraction of sp³-hybridized carbons (Fsp3) is 0.615. The number of carbonyl (C=O) groups is 1. The molecule has 19 heavy (non-hydrogen) atoms. The summed E-state index contributed by atoms with van der Waals surface area (Å²) in [5, 5.41) is 10.1. The zero-order valence-corrected chi connectivity index (χ0v) is 13.5. The van der Waals surface area contributed by atoms with Crippen molar-refractivity contribution in [2.75, 3.05) is 13.7 Å². The predicted molar refractivity (Wildman–Crippen MR) is 78.8 cm³/mol. The van der Waals surface area contributed by atoms with Gasteiger partial charge in [0.1, 0.15) is 0 Å². The van der Waals surface area contributed by atoms with Crippen molar-refractivity contribution >= 4 is 33.2 Å². The molecule has 1 aromatic rings. The van der Waals surface area contributed by atoms with Gasteiger partial charge in [-0.15, -0.1) is 11.3 Å². The summed E-state index contributed by atoms with van der Waals surface area (Å²) >= 11 is 5.07. The Kier molecular flexibility index (Phi) is 4.86. The molecule has 0 radical (unpaired) electrons. The number of piperidine rings is 1. The van der Waals surface area contributed by atoms with Gasteiger partial charge in [-0.3, -0.25) is 9.69 Å². The molecule has 1 aromatic heterocycles. The molecule has 0 amide bonds. The highest BCUT2D eigenvalue weighted by atomic mass is 79.9. The molecular weight excluding hydrogens is 330 g/mol. The first-order valence-electron chi connectivity index (χ1n) is 6.32. The van der Waals surface area contributed by atoms with E-state index in [0.717, 1.165) is 35.5 Å². The molecule has 0 aromatic carbocycles. The lowest BCUT2D eigenvalue weighted by Gasteiger charge is -2.37. The molecule has 2 heterocycles. The summed E-state index contributed by atoms with van der Waals surface area (Å²) in [6.45, 7) is 3.76. The Bertz CT molecular complexity index is 463. The number of hydrogen-bond donors (Lipinski definition) is 1. The van der Waals surface area contributed by atoms with E-state index in [0.29, 0.717) is 0 Å². The first kappa shape index (κ1) is 14.8. The van der Waals surface area contributed by atoms with Crippen LogP contribution in [0.2, 0.25) is 0 Å². The van der Waals surface area contributed by atoms with E-state index in [2.05, 4.69) is 26.9 Å². The third kappa shape index (κ3) is 3.30. The maximum Gasteiger partial charge on any atom is 0.308 e. The molecule has 4 nitrogen and oxygen atoms in total. The summed E-state index contributed by atoms with van der Waals surface area (Å²) in [6.07, 6.45) is 1.73. The standard InChI is InChI=1S/C13H18BrNO3S/c1-8-10(12(16)17)4-3-5-15(8)7-9-6-11(14)13(18-2)19-9/h6,8,10H,3-5,7H2,1-2H3,(H,16,17)/t8-,10-/m0/s1. The average molecular weight is 348 g/mol. The number of hydrogen-bond acceptors (Lipinski definition) is 4. The normalized spacial score (nSPS) is 24.4. The first-order chi connectivity index (χ1) is 9.02. The molecule has 1 fully saturated rings. The second-order valence-corrected chi connectivity index (χ2v) is 6.80. The highest BCUT2D eigenvalue weighted by molar-refractivity contribution is 9.10. The summed E-state index contributed by atoms with van der Waals surface area (Å²) in [7, 11) is 1.66. The van der Waals surface area contributed by atoms with Crippen LogP contribution in [0.15, 0.2) is 10.5 Å². The molecule has 0 unspecified atom stereocenters. The van der Waals surface area contributed by atoms with E-state index in [9.17, 15) is 9.90 Å². The maximum atomic E-state index is 11.2. The van der Waals surface area contributed by atoms with Crippen LogP contribution in [-0.2, 0) is 11.3 Å². The summed E-state index contributed by atoms with van der Waals surface area (Å²) < 4.78 is 6.23. The van der Waals surface area contributed by atoms with Gasteiger partial charge in [0.2, 0.25) is 0 Å². The topological polar surface area (TPSA) is 49.8 Å². The van der Waals surface area contributed by atoms with Crippen LogP contribution in [0, 0.1) is 5.92 Å². The highest BCUT2D eigenvalue weighted by Crippen LogP contribution is 2.36. The summed E-state index contributed by atoms with van der Waals surface area (Å²) in [4.78, 5) is 14.7. The van der Waals surface area contributed by atoms with Gasteiger partial charge in [0.05, 0.1) is 17.5 Å². The van der Waals surface area contributed by atoms with Crippen LogP contribution in [0.3, 0.4) is 0 Å². The molecule has 0 spiro atoms. The van der Waals surface area contributed by atoms with Gasteiger partial charge in [-0.2, -0.15) is 0 Å². The Morgan fingerprint density at radius 1 is 1.68 bits per heavy atom. The number of ether oxygens (including phenoxy) is 1. The number of methoxy groups -OCH3 is 1. The van der Waals surface area contributed by atoms with Gasteiger partial charge in [0.25, 0.3) is 0 Å². The SMILES string of the molecule is COc1sc(CN2CCC[C@H](C(=O)O)[C@@H]2C)cc1Br. The third-order valence-electron chi connectivity index (χ3n) is 3.69. The minimum atomic E-state index is -0.679. The van der Waals surface area contributed by atoms with E-state index in [-0.39, 0.29) is 12.0 Å². The van der Waals surface area contributed by atoms with E-state index in [1.54, 1.807) is 18.4 Å². The molecule has 0 aliphatic carbocycles. The van der Waals surface area contributed by atoms with Crippen LogP contribution in [0.4, 0.5) is 0 Å². The summed E-state index contributed by atoms with van der Waals surface area (Å²) in [5.74, 6) is -0.929. The maximum absolute atomic E-state index is 11.2. The Hall–Kier alpha value is -0.590. The molecule has 6 heteroatoms. The zero-order chi connectivity index (χ0) is 14.0. The van der Waals surface area contributed by atoms with E-state index < -0.39 is 5.97 Å². The molecule has 1 aliphatic heterocycles. The Morgan fingerprint density at radius 2 is 2.42 bits per heavy atom. The highest BCUT2D eigenvalue weighted by Gasteiger charge is 2.32. The molecule has 2 atom stereocenters. The lowest BCUT2D eigenvalue weighted by Crippen LogP contribution is -2.45. The second-order valence-electron chi connectivity index (χ2n) is 4.85. The molecule has 0 saturated carbocycles. The molecule has 2 rings (SSSR count). The number of carboxylic acid groups (broad SMARTS) is 1. The van der Waals surface area contributed by atoms with E-state index in [1.165, 1.54) is 4.88 Å². The van der Waals surface area contributed by atoms with Crippen molar-refractivity contribution < 1.29 is 14.6 Å². The number of thiophene rings is 1. The quantitative estimate of drug-likeness (QED) is 0.908. The minimum Gasteiger partial charge on any atom is -0.486 e. The molecule has 1 N–H and O–H groups in total. The first-order valence-corrected chi connectivity index (χ1v) is 7.93. The number of nitrogens with zero attached hydrogens (tertiary/aromatic N) is 1. The van der Waals surface area contributed by atoms with Crippen LogP contribution in [0.25, 0.3) is 0 Å². The van der Waals surface area contributed by atoms with Crippen molar-refractivity contribution in [3.63, 3.8) is 0 Å². The summed E-state index contributed by atoms with van der Waals surface area (Å²) in [6, 6.07) is 2.14. The van der Waals surface area contributed by atoms with Gasteiger partial charge < -0.3 is 9.84 Å². The lowest BCUT2D eigenvalue weighted by atomic mass is 9.90. The van der Waals surface area contributed by atoms with Crippen molar-refractivity contribution in [2.45, 2.75) is 32.4 Å². The van der Waals surface area contributed by atoms with Crippen LogP contribution in [0.5, 0.6) is 5.06 Å². The molecule has 0 bridgehead atoms. The van der Waals surface area contributed by atoms with Crippen molar-refractivity contribution in [2.24, 2.45) is 5.92 Å². The Labute approximate surface area is 125 Å². The van der Waals surface area contributed by atoms with Crippen LogP contribution in [0.1, 0.15) is 24.6 Å². The van der Waals surface area contributed by atoms with Crippen molar-refractivity contribution in [1.82, 2.24) is 4.90 Å². The van der Waals surface area contributed by atoms with E-state index >= 15 is 0 Å². The van der Waals surface area contributed by atoms with Gasteiger partial charge in [0, 0.05) is 17.5 Å². The molecule has 1 saturated heterocycles. The van der Waals surface area contributed by atoms with Crippen LogP contribution < -0.4 is 4.74 Å². The fourth-order valence-electron chi connectivity index (χ4n) is 2.58. The number of aliphatic carboxylic acids is 1. The predicted octanol–water partition coefficient (Wildman–Crippen LogP) is 3.20. The largest absolute Gasteiger partial charge is 0.486 e. The van der Waals surface area contributed by atoms with E-state index in [4.69, 9.17) is 4.74 Å². The van der Waals surface area contributed by atoms with Gasteiger partial charge in [-0.1, -0.05) is 0 Å². The van der Waals surface area contributed by atoms with Gasteiger partial charge in [-0.25, -0.2) is 0 Å². The van der Waals surface area contributed by atoms with Gasteiger partial charge in [0.15, 0.2) is 5.06 Å². The smallest absolute Gasteiger partial charge is 0.308 e. The van der Waals surface area contributed by atoms with Crippen LogP contribution in [-0.4, -0.2) is 35.7 Å². The van der Waals surface area contributed by atoms with Gasteiger partial charge in [-0.05, 0) is 48.3 Å². The van der Waals surface area contributed by atoms with Crippen LogP contribution >= 0.6 is 27.3 Å². The monoisotopic (exact) mass is 347 g/mol. The molecule has 1 aliphatic rings. The molecule has 106 valence electrons. The third-order valence-corrected chi connectivity index (χ3v) is 5.62. The number of likely N-dealkylation sites (tertiary alicyclic amines) is 1. The Morgan fingerprint density at radius 3 is 3.00 bits per heavy atom. The Balaban J connectivity index is 2.07. The summed E-state index contributed by atoms with van der Waals surface area (Å²) in [5.41, 5.74) is 0. The number of halogens is 1. The van der Waals surface area contributed by atoms with E-state index in [1.807, 2.05) is 6.92 Å². The lowest BCUT2D eigenvalue weighted by molar-refractivity contribution is -0.145. The fourth-order valence-corrected chi connectivity index (χ4v) is 4.30. The van der Waals surface area contributed by atoms with Crippen molar-refractivity contribution in [1.29, 1.82) is 0 Å². The average Bonchev–Trinajstić information content (AvgIpc) is 2.71.